The molecule has 1 aromatic heterocycles. The normalized spacial score (nSPS) is 26.0. The van der Waals surface area contributed by atoms with Crippen molar-refractivity contribution in [3.8, 4) is 0 Å². The summed E-state index contributed by atoms with van der Waals surface area (Å²) in [6.45, 7) is 1.50. The predicted octanol–water partition coefficient (Wildman–Crippen LogP) is 2.22. The predicted molar refractivity (Wildman–Crippen MR) is 84.9 cm³/mol. The number of aliphatic hydroxyl groups excluding tert-OH is 1. The van der Waals surface area contributed by atoms with Crippen molar-refractivity contribution in [3.05, 3.63) is 36.3 Å². The summed E-state index contributed by atoms with van der Waals surface area (Å²) in [6, 6.07) is 3.36. The average Bonchev–Trinajstić information content (AvgIpc) is 3.11. The molecule has 6 heteroatoms. The smallest absolute Gasteiger partial charge is 0.318 e. The second-order valence-electron chi connectivity index (χ2n) is 6.10. The molecule has 126 valence electrons. The van der Waals surface area contributed by atoms with Crippen molar-refractivity contribution >= 4 is 6.03 Å². The third-order valence-corrected chi connectivity index (χ3v) is 4.42. The number of carbonyl (C=O) groups excluding carboxylic acids is 1. The minimum atomic E-state index is -0.735. The van der Waals surface area contributed by atoms with Crippen molar-refractivity contribution in [2.75, 3.05) is 19.8 Å². The molecule has 0 unspecified atom stereocenters. The van der Waals surface area contributed by atoms with Gasteiger partial charge < -0.3 is 24.5 Å². The van der Waals surface area contributed by atoms with Crippen LogP contribution in [0.15, 0.2) is 35.0 Å². The summed E-state index contributed by atoms with van der Waals surface area (Å²) >= 11 is 0. The van der Waals surface area contributed by atoms with Gasteiger partial charge in [-0.05, 0) is 31.4 Å². The van der Waals surface area contributed by atoms with E-state index >= 15 is 0 Å². The second kappa shape index (κ2) is 7.66. The number of nitrogens with one attached hydrogen (secondary N) is 1. The molecule has 1 aliphatic carbocycles. The minimum absolute atomic E-state index is 0.0819. The molecule has 1 saturated heterocycles. The number of allylic oxidation sites excluding steroid dienone is 1. The fraction of sp³-hybridized carbons (Fsp3) is 0.588. The van der Waals surface area contributed by atoms with Gasteiger partial charge in [0.05, 0.1) is 25.5 Å². The van der Waals surface area contributed by atoms with Gasteiger partial charge in [-0.2, -0.15) is 0 Å². The summed E-state index contributed by atoms with van der Waals surface area (Å²) in [6.07, 6.45) is 8.55. The van der Waals surface area contributed by atoms with E-state index in [1.807, 2.05) is 0 Å². The molecule has 0 spiro atoms. The summed E-state index contributed by atoms with van der Waals surface area (Å²) in [7, 11) is 0. The quantitative estimate of drug-likeness (QED) is 0.834. The highest BCUT2D eigenvalue weighted by molar-refractivity contribution is 5.75. The molecule has 6 nitrogen and oxygen atoms in total. The van der Waals surface area contributed by atoms with Gasteiger partial charge in [0.2, 0.25) is 0 Å². The Balaban J connectivity index is 1.60. The Kier molecular flexibility index (Phi) is 5.35. The number of hydrogen-bond donors (Lipinski definition) is 2. The molecule has 1 fully saturated rings. The van der Waals surface area contributed by atoms with Crippen LogP contribution in [-0.2, 0) is 4.74 Å². The molecule has 2 amide bonds. The first kappa shape index (κ1) is 16.1. The molecule has 23 heavy (non-hydrogen) atoms. The van der Waals surface area contributed by atoms with Crippen LogP contribution >= 0.6 is 0 Å². The molecule has 3 atom stereocenters. The van der Waals surface area contributed by atoms with E-state index in [0.717, 1.165) is 19.3 Å². The number of morpholine rings is 1. The Bertz CT molecular complexity index is 529. The topological polar surface area (TPSA) is 74.9 Å². The first-order chi connectivity index (χ1) is 11.2. The molecule has 2 heterocycles. The Hall–Kier alpha value is -1.79. The SMILES string of the molecule is O=C(N[C@@H]1C=CCCC1)N1CCOC[C@@H]1C[C@@H](O)c1ccco1. The third kappa shape index (κ3) is 4.14. The van der Waals surface area contributed by atoms with Crippen LogP contribution in [0.1, 0.15) is 37.5 Å². The summed E-state index contributed by atoms with van der Waals surface area (Å²) in [4.78, 5) is 14.3. The lowest BCUT2D eigenvalue weighted by Crippen LogP contribution is -2.54. The number of nitrogens with zero attached hydrogens (tertiary/aromatic N) is 1. The van der Waals surface area contributed by atoms with Gasteiger partial charge >= 0.3 is 6.03 Å². The van der Waals surface area contributed by atoms with Crippen LogP contribution in [0.4, 0.5) is 4.79 Å². The van der Waals surface area contributed by atoms with Crippen molar-refractivity contribution in [2.24, 2.45) is 0 Å². The molecule has 3 rings (SSSR count). The van der Waals surface area contributed by atoms with Gasteiger partial charge in [-0.15, -0.1) is 0 Å². The lowest BCUT2D eigenvalue weighted by molar-refractivity contribution is -0.00999. The van der Waals surface area contributed by atoms with Crippen LogP contribution in [-0.4, -0.2) is 47.9 Å². The van der Waals surface area contributed by atoms with Crippen LogP contribution in [0.2, 0.25) is 0 Å². The fourth-order valence-electron chi connectivity index (χ4n) is 3.15. The fourth-order valence-corrected chi connectivity index (χ4v) is 3.15. The van der Waals surface area contributed by atoms with Gasteiger partial charge in [-0.3, -0.25) is 0 Å². The molecule has 0 bridgehead atoms. The summed E-state index contributed by atoms with van der Waals surface area (Å²) in [5, 5.41) is 13.3. The number of aliphatic hydroxyl groups is 1. The van der Waals surface area contributed by atoms with Crippen LogP contribution in [0.25, 0.3) is 0 Å². The molecule has 0 radical (unpaired) electrons. The number of amides is 2. The number of furan rings is 1. The Labute approximate surface area is 136 Å². The van der Waals surface area contributed by atoms with E-state index in [1.54, 1.807) is 17.0 Å². The van der Waals surface area contributed by atoms with E-state index in [9.17, 15) is 9.90 Å². The van der Waals surface area contributed by atoms with E-state index in [0.29, 0.717) is 31.9 Å². The largest absolute Gasteiger partial charge is 0.467 e. The summed E-state index contributed by atoms with van der Waals surface area (Å²) in [5.41, 5.74) is 0. The zero-order chi connectivity index (χ0) is 16.1. The molecule has 1 aromatic rings. The highest BCUT2D eigenvalue weighted by atomic mass is 16.5. The van der Waals surface area contributed by atoms with E-state index in [4.69, 9.17) is 9.15 Å². The zero-order valence-corrected chi connectivity index (χ0v) is 13.2. The number of hydrogen-bond acceptors (Lipinski definition) is 4. The van der Waals surface area contributed by atoms with Gasteiger partial charge in [-0.25, -0.2) is 4.79 Å². The molecular weight excluding hydrogens is 296 g/mol. The summed E-state index contributed by atoms with van der Waals surface area (Å²) < 4.78 is 10.7. The van der Waals surface area contributed by atoms with Crippen molar-refractivity contribution in [1.29, 1.82) is 0 Å². The first-order valence-corrected chi connectivity index (χ1v) is 8.27. The molecule has 2 aliphatic rings. The average molecular weight is 320 g/mol. The minimum Gasteiger partial charge on any atom is -0.467 e. The van der Waals surface area contributed by atoms with Crippen LogP contribution in [0, 0.1) is 0 Å². The highest BCUT2D eigenvalue weighted by Gasteiger charge is 2.31. The van der Waals surface area contributed by atoms with Crippen molar-refractivity contribution < 1.29 is 19.1 Å². The lowest BCUT2D eigenvalue weighted by Gasteiger charge is -2.37. The molecule has 1 aliphatic heterocycles. The molecular formula is C17H24N2O4. The van der Waals surface area contributed by atoms with Crippen molar-refractivity contribution in [1.82, 2.24) is 10.2 Å². The standard InChI is InChI=1S/C17H24N2O4/c20-15(16-7-4-9-23-16)11-14-12-22-10-8-19(14)17(21)18-13-5-2-1-3-6-13/h2,4-5,7,9,13-15,20H,1,3,6,8,10-12H2,(H,18,21)/t13-,14+,15-/m1/s1. The van der Waals surface area contributed by atoms with Crippen LogP contribution < -0.4 is 5.32 Å². The van der Waals surface area contributed by atoms with Crippen LogP contribution in [0.3, 0.4) is 0 Å². The lowest BCUT2D eigenvalue weighted by atomic mass is 10.0. The second-order valence-corrected chi connectivity index (χ2v) is 6.10. The maximum absolute atomic E-state index is 12.6. The summed E-state index contributed by atoms with van der Waals surface area (Å²) in [5.74, 6) is 0.520. The van der Waals surface area contributed by atoms with Gasteiger partial charge in [0.15, 0.2) is 0 Å². The van der Waals surface area contributed by atoms with Crippen LogP contribution in [0.5, 0.6) is 0 Å². The first-order valence-electron chi connectivity index (χ1n) is 8.27. The number of urea groups is 1. The Morgan fingerprint density at radius 1 is 1.52 bits per heavy atom. The maximum Gasteiger partial charge on any atom is 0.318 e. The molecule has 0 aromatic carbocycles. The van der Waals surface area contributed by atoms with Gasteiger partial charge in [-0.1, -0.05) is 12.2 Å². The van der Waals surface area contributed by atoms with E-state index in [2.05, 4.69) is 17.5 Å². The zero-order valence-electron chi connectivity index (χ0n) is 13.2. The van der Waals surface area contributed by atoms with Crippen molar-refractivity contribution in [2.45, 2.75) is 43.9 Å². The number of ether oxygens (including phenoxy) is 1. The van der Waals surface area contributed by atoms with E-state index < -0.39 is 6.10 Å². The van der Waals surface area contributed by atoms with E-state index in [-0.39, 0.29) is 18.1 Å². The Morgan fingerprint density at radius 2 is 2.43 bits per heavy atom. The highest BCUT2D eigenvalue weighted by Crippen LogP contribution is 2.23. The Morgan fingerprint density at radius 3 is 3.17 bits per heavy atom. The van der Waals surface area contributed by atoms with Gasteiger partial charge in [0, 0.05) is 19.0 Å². The van der Waals surface area contributed by atoms with Crippen molar-refractivity contribution in [3.63, 3.8) is 0 Å². The monoisotopic (exact) mass is 320 g/mol. The molecule has 2 N–H and O–H groups in total. The number of carbonyl (C=O) groups is 1. The maximum atomic E-state index is 12.6. The number of rotatable bonds is 4. The van der Waals surface area contributed by atoms with Gasteiger partial charge in [0.25, 0.3) is 0 Å². The molecule has 0 saturated carbocycles. The third-order valence-electron chi connectivity index (χ3n) is 4.42. The van der Waals surface area contributed by atoms with E-state index in [1.165, 1.54) is 6.26 Å². The van der Waals surface area contributed by atoms with Gasteiger partial charge in [0.1, 0.15) is 11.9 Å².